The molecule has 3 aliphatic rings. The molecule has 0 radical (unpaired) electrons. The molecule has 0 unspecified atom stereocenters. The van der Waals surface area contributed by atoms with Crippen LogP contribution in [-0.2, 0) is 31.1 Å². The molecule has 352 valence electrons. The topological polar surface area (TPSA) is 253 Å². The van der Waals surface area contributed by atoms with Gasteiger partial charge in [0.05, 0.1) is 29.2 Å². The van der Waals surface area contributed by atoms with E-state index >= 15 is 0 Å². The van der Waals surface area contributed by atoms with Crippen LogP contribution in [0, 0.1) is 0 Å². The average molecular weight is 931 g/mol. The fraction of sp³-hybridized carbons (Fsp3) is 0.320. The van der Waals surface area contributed by atoms with Gasteiger partial charge in [0.1, 0.15) is 24.2 Å². The van der Waals surface area contributed by atoms with E-state index in [0.29, 0.717) is 53.5 Å². The molecule has 5 amide bonds. The second-order valence-corrected chi connectivity index (χ2v) is 18.1. The molecule has 3 fully saturated rings. The molecule has 5 aromatic heterocycles. The van der Waals surface area contributed by atoms with Crippen molar-refractivity contribution in [2.45, 2.75) is 87.7 Å². The van der Waals surface area contributed by atoms with Crippen molar-refractivity contribution in [3.8, 4) is 22.4 Å². The van der Waals surface area contributed by atoms with Crippen molar-refractivity contribution in [1.82, 2.24) is 60.3 Å². The third-order valence-electron chi connectivity index (χ3n) is 13.7. The average Bonchev–Trinajstić information content (AvgIpc) is 4.21. The summed E-state index contributed by atoms with van der Waals surface area (Å²) in [5.74, 6) is -2.43. The van der Waals surface area contributed by atoms with Gasteiger partial charge in [-0.2, -0.15) is 5.10 Å². The fourth-order valence-electron chi connectivity index (χ4n) is 9.94. The number of rotatable bonds is 13. The fourth-order valence-corrected chi connectivity index (χ4v) is 9.94. The zero-order valence-electron chi connectivity index (χ0n) is 37.7. The molecule has 10 rings (SSSR count). The molecule has 69 heavy (non-hydrogen) atoms. The third kappa shape index (κ3) is 8.72. The number of β-amino-alcohol motifs (C(OH)–C–C–N with tert-alkyl or cyclic N) is 1. The number of fused-ring (bicyclic) bond motifs is 3. The summed E-state index contributed by atoms with van der Waals surface area (Å²) in [5, 5.41) is 27.4. The van der Waals surface area contributed by atoms with Crippen molar-refractivity contribution in [1.29, 1.82) is 0 Å². The number of amides is 5. The second kappa shape index (κ2) is 18.6. The van der Waals surface area contributed by atoms with Gasteiger partial charge in [-0.15, -0.1) is 0 Å². The Bertz CT molecular complexity index is 3120. The van der Waals surface area contributed by atoms with E-state index in [0.717, 1.165) is 34.4 Å². The quantitative estimate of drug-likeness (QED) is 0.0981. The van der Waals surface area contributed by atoms with Crippen molar-refractivity contribution in [2.75, 3.05) is 13.1 Å². The predicted molar refractivity (Wildman–Crippen MR) is 252 cm³/mol. The maximum atomic E-state index is 14.7. The van der Waals surface area contributed by atoms with Gasteiger partial charge in [0.25, 0.3) is 5.91 Å². The minimum Gasteiger partial charge on any atom is -0.391 e. The standard InChI is InChI=1S/C50H50N12O7/c1-29(54-44(64)32-14-19-51-20-15-32)47(67)60-21-5-9-40(60)45(65)56-39(23-34-26-52-28-53-34)48(68)62-27-35(63)24-41(62)46(66)57-50(17-6-18-50)33-12-10-31(11-13-33)42-36(30-7-3-2-4-8-30)25-37-38(55-42)16-22-61-43(37)58-59-49(61)69/h2-4,7-8,10-16,19-20,22,25-26,28-29,35,39-41,63H,5-6,9,17-18,21,23-24,27H2,1H3,(H,52,53)(H,54,64)(H,56,65)(H,57,66)(H,59,69)/t29-,35-,39+,40+,41+/m1/s1. The number of benzene rings is 2. The maximum absolute atomic E-state index is 14.7. The number of aromatic nitrogens is 7. The lowest BCUT2D eigenvalue weighted by molar-refractivity contribution is -0.144. The van der Waals surface area contributed by atoms with Crippen LogP contribution < -0.4 is 21.6 Å². The Labute approximate surface area is 394 Å². The first kappa shape index (κ1) is 44.8. The van der Waals surface area contributed by atoms with E-state index in [2.05, 4.69) is 41.1 Å². The Morgan fingerprint density at radius 2 is 1.65 bits per heavy atom. The van der Waals surface area contributed by atoms with E-state index in [-0.39, 0.29) is 31.6 Å². The Balaban J connectivity index is 0.864. The van der Waals surface area contributed by atoms with Gasteiger partial charge in [0.15, 0.2) is 5.65 Å². The molecule has 5 atom stereocenters. The highest BCUT2D eigenvalue weighted by Crippen LogP contribution is 2.43. The largest absolute Gasteiger partial charge is 0.391 e. The van der Waals surface area contributed by atoms with Crippen LogP contribution in [0.2, 0.25) is 0 Å². The zero-order valence-corrected chi connectivity index (χ0v) is 37.7. The highest BCUT2D eigenvalue weighted by Gasteiger charge is 2.47. The molecule has 19 heteroatoms. The number of carbonyl (C=O) groups is 5. The van der Waals surface area contributed by atoms with Gasteiger partial charge in [-0.25, -0.2) is 24.3 Å². The molecule has 7 aromatic rings. The zero-order chi connectivity index (χ0) is 47.8. The number of hydrogen-bond donors (Lipinski definition) is 6. The molecule has 1 aliphatic carbocycles. The molecular weight excluding hydrogens is 881 g/mol. The lowest BCUT2D eigenvalue weighted by atomic mass is 9.71. The van der Waals surface area contributed by atoms with Gasteiger partial charge in [0.2, 0.25) is 23.6 Å². The van der Waals surface area contributed by atoms with Crippen molar-refractivity contribution >= 4 is 46.1 Å². The minimum atomic E-state index is -1.18. The Hall–Kier alpha value is -8.06. The van der Waals surface area contributed by atoms with Crippen molar-refractivity contribution in [3.63, 3.8) is 0 Å². The number of aliphatic hydroxyl groups excluding tert-OH is 1. The molecule has 19 nitrogen and oxygen atoms in total. The lowest BCUT2D eigenvalue weighted by Gasteiger charge is -2.44. The molecule has 0 spiro atoms. The van der Waals surface area contributed by atoms with Crippen molar-refractivity contribution in [2.24, 2.45) is 0 Å². The van der Waals surface area contributed by atoms with E-state index in [9.17, 15) is 33.9 Å². The van der Waals surface area contributed by atoms with Gasteiger partial charge in [-0.3, -0.25) is 29.0 Å². The number of aliphatic hydroxyl groups is 1. The molecule has 7 heterocycles. The van der Waals surface area contributed by atoms with E-state index < -0.39 is 65.3 Å². The molecule has 0 bridgehead atoms. The highest BCUT2D eigenvalue weighted by molar-refractivity contribution is 6.00. The summed E-state index contributed by atoms with van der Waals surface area (Å²) in [6.07, 6.45) is 9.68. The number of pyridine rings is 3. The molecule has 2 aliphatic heterocycles. The van der Waals surface area contributed by atoms with E-state index in [1.165, 1.54) is 45.1 Å². The van der Waals surface area contributed by atoms with Crippen LogP contribution in [0.25, 0.3) is 38.9 Å². The Kier molecular flexibility index (Phi) is 12.0. The van der Waals surface area contributed by atoms with Gasteiger partial charge < -0.3 is 35.8 Å². The summed E-state index contributed by atoms with van der Waals surface area (Å²) >= 11 is 0. The number of nitrogens with one attached hydrogen (secondary N) is 5. The summed E-state index contributed by atoms with van der Waals surface area (Å²) < 4.78 is 1.45. The van der Waals surface area contributed by atoms with Crippen LogP contribution in [0.4, 0.5) is 0 Å². The number of H-pyrrole nitrogens is 2. The van der Waals surface area contributed by atoms with Crippen LogP contribution in [0.3, 0.4) is 0 Å². The molecule has 2 saturated heterocycles. The molecule has 1 saturated carbocycles. The number of hydrogen-bond acceptors (Lipinski definition) is 11. The minimum absolute atomic E-state index is 0.000431. The summed E-state index contributed by atoms with van der Waals surface area (Å²) in [6, 6.07) is 20.6. The SMILES string of the molecule is C[C@@H](NC(=O)c1ccncc1)C(=O)N1CCC[C@H]1C(=O)N[C@@H](Cc1cnc[nH]1)C(=O)N1C[C@H](O)C[C@H]1C(=O)NC1(c2ccc(-c3nc4ccn5c(=O)[nH]nc5c4cc3-c3ccccc3)cc2)CCC1. The van der Waals surface area contributed by atoms with Gasteiger partial charge in [-0.05, 0) is 74.4 Å². The first-order valence-electron chi connectivity index (χ1n) is 23.1. The van der Waals surface area contributed by atoms with Crippen LogP contribution in [0.1, 0.15) is 67.1 Å². The molecule has 2 aromatic carbocycles. The van der Waals surface area contributed by atoms with Crippen LogP contribution in [-0.4, -0.2) is 122 Å². The van der Waals surface area contributed by atoms with Gasteiger partial charge in [-0.1, -0.05) is 54.6 Å². The number of imidazole rings is 1. The predicted octanol–water partition coefficient (Wildman–Crippen LogP) is 3.02. The summed E-state index contributed by atoms with van der Waals surface area (Å²) in [4.78, 5) is 101. The van der Waals surface area contributed by atoms with Crippen molar-refractivity contribution in [3.05, 3.63) is 137 Å². The monoisotopic (exact) mass is 930 g/mol. The van der Waals surface area contributed by atoms with E-state index in [1.807, 2.05) is 60.7 Å². The number of aromatic amines is 2. The van der Waals surface area contributed by atoms with Gasteiger partial charge in [0, 0.05) is 78.5 Å². The summed E-state index contributed by atoms with van der Waals surface area (Å²) in [6.45, 7) is 1.72. The second-order valence-electron chi connectivity index (χ2n) is 18.1. The third-order valence-corrected chi connectivity index (χ3v) is 13.7. The molecule has 6 N–H and O–H groups in total. The number of carbonyl (C=O) groups excluding carboxylic acids is 5. The van der Waals surface area contributed by atoms with Gasteiger partial charge >= 0.3 is 5.69 Å². The van der Waals surface area contributed by atoms with Crippen LogP contribution in [0.5, 0.6) is 0 Å². The normalized spacial score (nSPS) is 19.5. The van der Waals surface area contributed by atoms with Crippen LogP contribution in [0.15, 0.2) is 115 Å². The highest BCUT2D eigenvalue weighted by atomic mass is 16.3. The van der Waals surface area contributed by atoms with E-state index in [1.54, 1.807) is 25.4 Å². The summed E-state index contributed by atoms with van der Waals surface area (Å²) in [7, 11) is 0. The maximum Gasteiger partial charge on any atom is 0.347 e. The first-order chi connectivity index (χ1) is 33.5. The first-order valence-corrected chi connectivity index (χ1v) is 23.1. The number of nitrogens with zero attached hydrogens (tertiary/aromatic N) is 7. The van der Waals surface area contributed by atoms with E-state index in [4.69, 9.17) is 4.98 Å². The lowest BCUT2D eigenvalue weighted by Crippen LogP contribution is -2.60. The van der Waals surface area contributed by atoms with Crippen molar-refractivity contribution < 1.29 is 29.1 Å². The summed E-state index contributed by atoms with van der Waals surface area (Å²) in [5.41, 5.74) is 5.20. The smallest absolute Gasteiger partial charge is 0.347 e. The molecular formula is C50H50N12O7. The Morgan fingerprint density at radius 3 is 2.38 bits per heavy atom. The van der Waals surface area contributed by atoms with Crippen LogP contribution >= 0.6 is 0 Å². The Morgan fingerprint density at radius 1 is 0.870 bits per heavy atom. The number of likely N-dealkylation sites (tertiary alicyclic amines) is 2.